The van der Waals surface area contributed by atoms with Gasteiger partial charge in [-0.05, 0) is 67.8 Å². The monoisotopic (exact) mass is 377 g/mol. The summed E-state index contributed by atoms with van der Waals surface area (Å²) < 4.78 is 0. The van der Waals surface area contributed by atoms with E-state index in [1.54, 1.807) is 6.08 Å². The molecule has 0 aromatic heterocycles. The maximum atomic E-state index is 13.8. The van der Waals surface area contributed by atoms with Crippen molar-refractivity contribution in [3.8, 4) is 0 Å². The second-order valence-electron chi connectivity index (χ2n) is 10.2. The van der Waals surface area contributed by atoms with Crippen LogP contribution >= 0.6 is 0 Å². The van der Waals surface area contributed by atoms with E-state index in [4.69, 9.17) is 0 Å². The number of amides is 1. The number of ketones is 1. The molecule has 0 spiro atoms. The molecule has 3 aliphatic carbocycles. The predicted octanol–water partition coefficient (Wildman–Crippen LogP) is 4.93. The molecule has 1 aliphatic heterocycles. The first-order chi connectivity index (χ1) is 13.4. The molecule has 0 radical (unpaired) electrons. The van der Waals surface area contributed by atoms with Crippen molar-refractivity contribution in [3.63, 3.8) is 0 Å². The van der Waals surface area contributed by atoms with Crippen LogP contribution in [0.1, 0.15) is 69.2 Å². The van der Waals surface area contributed by atoms with E-state index < -0.39 is 5.54 Å². The third kappa shape index (κ3) is 2.28. The summed E-state index contributed by atoms with van der Waals surface area (Å²) in [5.74, 6) is 1.87. The van der Waals surface area contributed by atoms with Crippen LogP contribution in [0.4, 0.5) is 0 Å². The molecule has 3 nitrogen and oxygen atoms in total. The van der Waals surface area contributed by atoms with Crippen LogP contribution in [0.3, 0.4) is 0 Å². The molecule has 0 saturated heterocycles. The minimum absolute atomic E-state index is 0.0894. The average molecular weight is 378 g/mol. The number of carbonyl (C=O) groups excluding carboxylic acids is 2. The van der Waals surface area contributed by atoms with Gasteiger partial charge in [-0.3, -0.25) is 9.59 Å². The van der Waals surface area contributed by atoms with E-state index in [1.165, 1.54) is 25.7 Å². The fourth-order valence-electron chi connectivity index (χ4n) is 7.61. The molecule has 3 saturated carbocycles. The molecule has 3 fully saturated rings. The topological polar surface area (TPSA) is 46.2 Å². The standard InChI is InChI=1S/C25H31NO2/c1-23-13-6-9-19(23)18-10-16-25(22(28)17-7-4-3-5-8-17)24(2,20(18)11-14-23)15-12-21(27)26-25/h3-5,7-8,12,15,18-20H,6,9-11,13-14,16H2,1-2H3,(H,26,27)/t18-,19-,20+,23-,24+,25?/m0/s1. The van der Waals surface area contributed by atoms with Gasteiger partial charge in [0, 0.05) is 11.0 Å². The highest BCUT2D eigenvalue weighted by atomic mass is 16.2. The van der Waals surface area contributed by atoms with E-state index in [9.17, 15) is 9.59 Å². The fraction of sp³-hybridized carbons (Fsp3) is 0.600. The lowest BCUT2D eigenvalue weighted by molar-refractivity contribution is -0.126. The van der Waals surface area contributed by atoms with Crippen molar-refractivity contribution >= 4 is 11.7 Å². The van der Waals surface area contributed by atoms with Gasteiger partial charge in [0.25, 0.3) is 0 Å². The van der Waals surface area contributed by atoms with Crippen LogP contribution in [-0.2, 0) is 4.79 Å². The van der Waals surface area contributed by atoms with Gasteiger partial charge in [0.15, 0.2) is 5.78 Å². The smallest absolute Gasteiger partial charge is 0.244 e. The second kappa shape index (κ2) is 6.05. The number of rotatable bonds is 2. The zero-order chi connectivity index (χ0) is 19.6. The summed E-state index contributed by atoms with van der Waals surface area (Å²) in [6, 6.07) is 9.55. The summed E-state index contributed by atoms with van der Waals surface area (Å²) in [6.45, 7) is 4.75. The van der Waals surface area contributed by atoms with Gasteiger partial charge in [0.05, 0.1) is 0 Å². The highest BCUT2D eigenvalue weighted by Crippen LogP contribution is 2.65. The van der Waals surface area contributed by atoms with Crippen LogP contribution in [0.15, 0.2) is 42.5 Å². The Morgan fingerprint density at radius 2 is 1.79 bits per heavy atom. The lowest BCUT2D eigenvalue weighted by Crippen LogP contribution is -2.71. The Morgan fingerprint density at radius 3 is 2.57 bits per heavy atom. The predicted molar refractivity (Wildman–Crippen MR) is 110 cm³/mol. The van der Waals surface area contributed by atoms with Gasteiger partial charge in [-0.1, -0.05) is 56.7 Å². The summed E-state index contributed by atoms with van der Waals surface area (Å²) in [5.41, 5.74) is 0.0704. The number of hydrogen-bond acceptors (Lipinski definition) is 2. The van der Waals surface area contributed by atoms with Gasteiger partial charge in [0.1, 0.15) is 5.54 Å². The minimum Gasteiger partial charge on any atom is -0.339 e. The lowest BCUT2D eigenvalue weighted by Gasteiger charge is -2.62. The van der Waals surface area contributed by atoms with Crippen LogP contribution in [-0.4, -0.2) is 17.2 Å². The SMILES string of the molecule is C[C@@]12CCC[C@H]1[C@@H]1CCC3(C(=O)c4ccccc4)NC(=O)C=C[C@]3(C)[C@@H]1CC2. The van der Waals surface area contributed by atoms with Gasteiger partial charge in [-0.2, -0.15) is 0 Å². The van der Waals surface area contributed by atoms with E-state index >= 15 is 0 Å². The second-order valence-corrected chi connectivity index (χ2v) is 10.2. The number of fused-ring (bicyclic) bond motifs is 5. The maximum absolute atomic E-state index is 13.8. The molecule has 148 valence electrons. The summed E-state index contributed by atoms with van der Waals surface area (Å²) in [4.78, 5) is 26.3. The molecule has 1 heterocycles. The van der Waals surface area contributed by atoms with Crippen LogP contribution < -0.4 is 5.32 Å². The first-order valence-corrected chi connectivity index (χ1v) is 11.0. The largest absolute Gasteiger partial charge is 0.339 e. The third-order valence-electron chi connectivity index (χ3n) is 9.10. The van der Waals surface area contributed by atoms with E-state index in [2.05, 4.69) is 25.2 Å². The average Bonchev–Trinajstić information content (AvgIpc) is 3.10. The molecule has 1 aromatic carbocycles. The Balaban J connectivity index is 1.59. The molecule has 5 rings (SSSR count). The van der Waals surface area contributed by atoms with Gasteiger partial charge in [0.2, 0.25) is 5.91 Å². The molecular weight excluding hydrogens is 346 g/mol. The Morgan fingerprint density at radius 1 is 1.00 bits per heavy atom. The summed E-state index contributed by atoms with van der Waals surface area (Å²) in [6.07, 6.45) is 12.0. The molecule has 4 aliphatic rings. The van der Waals surface area contributed by atoms with Crippen LogP contribution in [0.5, 0.6) is 0 Å². The van der Waals surface area contributed by atoms with Crippen molar-refractivity contribution in [3.05, 3.63) is 48.0 Å². The summed E-state index contributed by atoms with van der Waals surface area (Å²) in [7, 11) is 0. The first kappa shape index (κ1) is 18.1. The van der Waals surface area contributed by atoms with E-state index in [0.29, 0.717) is 22.8 Å². The Kier molecular flexibility index (Phi) is 3.92. The Labute approximate surface area is 168 Å². The van der Waals surface area contributed by atoms with Crippen molar-refractivity contribution in [1.29, 1.82) is 0 Å². The molecule has 1 aromatic rings. The summed E-state index contributed by atoms with van der Waals surface area (Å²) in [5, 5.41) is 3.20. The van der Waals surface area contributed by atoms with Crippen molar-refractivity contribution < 1.29 is 9.59 Å². The fourth-order valence-corrected chi connectivity index (χ4v) is 7.61. The van der Waals surface area contributed by atoms with Crippen molar-refractivity contribution in [2.75, 3.05) is 0 Å². The van der Waals surface area contributed by atoms with Gasteiger partial charge >= 0.3 is 0 Å². The molecule has 1 amide bonds. The number of benzene rings is 1. The van der Waals surface area contributed by atoms with Crippen molar-refractivity contribution in [1.82, 2.24) is 5.32 Å². The van der Waals surface area contributed by atoms with Crippen molar-refractivity contribution in [2.24, 2.45) is 28.6 Å². The van der Waals surface area contributed by atoms with Crippen LogP contribution in [0, 0.1) is 28.6 Å². The molecule has 28 heavy (non-hydrogen) atoms. The molecule has 6 atom stereocenters. The summed E-state index contributed by atoms with van der Waals surface area (Å²) >= 11 is 0. The Hall–Kier alpha value is -1.90. The number of Topliss-reactive ketones (excluding diaryl/α,β-unsaturated/α-hetero) is 1. The third-order valence-corrected chi connectivity index (χ3v) is 9.10. The Bertz CT molecular complexity index is 845. The van der Waals surface area contributed by atoms with E-state index in [1.807, 2.05) is 30.3 Å². The number of hydrogen-bond donors (Lipinski definition) is 1. The van der Waals surface area contributed by atoms with E-state index in [-0.39, 0.29) is 17.1 Å². The number of nitrogens with one attached hydrogen (secondary N) is 1. The first-order valence-electron chi connectivity index (χ1n) is 11.0. The number of carbonyl (C=O) groups is 2. The zero-order valence-corrected chi connectivity index (χ0v) is 17.0. The maximum Gasteiger partial charge on any atom is 0.244 e. The molecule has 3 heteroatoms. The molecule has 1 unspecified atom stereocenters. The minimum atomic E-state index is -0.812. The highest BCUT2D eigenvalue weighted by molar-refractivity contribution is 6.08. The van der Waals surface area contributed by atoms with Gasteiger partial charge in [-0.15, -0.1) is 0 Å². The lowest BCUT2D eigenvalue weighted by atomic mass is 9.44. The van der Waals surface area contributed by atoms with Crippen molar-refractivity contribution in [2.45, 2.75) is 64.3 Å². The zero-order valence-electron chi connectivity index (χ0n) is 17.0. The highest BCUT2D eigenvalue weighted by Gasteiger charge is 2.65. The van der Waals surface area contributed by atoms with Gasteiger partial charge < -0.3 is 5.32 Å². The molecular formula is C25H31NO2. The van der Waals surface area contributed by atoms with Crippen LogP contribution in [0.25, 0.3) is 0 Å². The quantitative estimate of drug-likeness (QED) is 0.743. The molecule has 1 N–H and O–H groups in total. The molecule has 0 bridgehead atoms. The van der Waals surface area contributed by atoms with Gasteiger partial charge in [-0.25, -0.2) is 0 Å². The van der Waals surface area contributed by atoms with Crippen LogP contribution in [0.2, 0.25) is 0 Å². The normalized spacial score (nSPS) is 44.2. The van der Waals surface area contributed by atoms with E-state index in [0.717, 1.165) is 25.2 Å².